The molecule has 1 saturated heterocycles. The van der Waals surface area contributed by atoms with Gasteiger partial charge < -0.3 is 14.1 Å². The first-order valence-corrected chi connectivity index (χ1v) is 11.0. The summed E-state index contributed by atoms with van der Waals surface area (Å²) in [5.41, 5.74) is 5.61. The summed E-state index contributed by atoms with van der Waals surface area (Å²) in [6, 6.07) is 7.62. The number of rotatable bonds is 5. The van der Waals surface area contributed by atoms with E-state index in [1.54, 1.807) is 11.3 Å². The fraction of sp³-hybridized carbons (Fsp3) is 0.273. The lowest BCUT2D eigenvalue weighted by atomic mass is 10.1. The second-order valence-corrected chi connectivity index (χ2v) is 8.10. The monoisotopic (exact) mass is 435 g/mol. The van der Waals surface area contributed by atoms with Crippen molar-refractivity contribution in [3.05, 3.63) is 57.3 Å². The number of nitrogens with one attached hydrogen (secondary N) is 1. The van der Waals surface area contributed by atoms with Crippen LogP contribution in [0.3, 0.4) is 0 Å². The average molecular weight is 436 g/mol. The second kappa shape index (κ2) is 8.44. The van der Waals surface area contributed by atoms with Gasteiger partial charge in [0.15, 0.2) is 5.82 Å². The molecule has 3 aromatic heterocycles. The molecule has 0 unspecified atom stereocenters. The van der Waals surface area contributed by atoms with Crippen molar-refractivity contribution in [3.8, 4) is 0 Å². The maximum Gasteiger partial charge on any atom is 0.246 e. The molecule has 158 valence electrons. The first kappa shape index (κ1) is 19.7. The number of hydrogen-bond donors (Lipinski definition) is 1. The number of ether oxygens (including phenoxy) is 1. The van der Waals surface area contributed by atoms with Crippen LogP contribution in [0.5, 0.6) is 0 Å². The van der Waals surface area contributed by atoms with Crippen LogP contribution in [-0.2, 0) is 11.2 Å². The molecule has 5 rings (SSSR count). The summed E-state index contributed by atoms with van der Waals surface area (Å²) in [5.74, 6) is 1.25. The molecule has 4 aromatic rings. The highest BCUT2D eigenvalue weighted by atomic mass is 32.1. The van der Waals surface area contributed by atoms with E-state index in [0.29, 0.717) is 35.7 Å². The van der Waals surface area contributed by atoms with Crippen LogP contribution in [0.1, 0.15) is 18.1 Å². The third-order valence-electron chi connectivity index (χ3n) is 5.24. The zero-order valence-electron chi connectivity index (χ0n) is 17.0. The Hall–Kier alpha value is -3.30. The van der Waals surface area contributed by atoms with E-state index in [0.717, 1.165) is 41.1 Å². The van der Waals surface area contributed by atoms with E-state index >= 15 is 0 Å². The molecule has 1 N–H and O–H groups in total. The van der Waals surface area contributed by atoms with Crippen LogP contribution < -0.4 is 15.8 Å². The highest BCUT2D eigenvalue weighted by Gasteiger charge is 2.18. The van der Waals surface area contributed by atoms with Crippen molar-refractivity contribution in [2.45, 2.75) is 13.3 Å². The third-order valence-corrected chi connectivity index (χ3v) is 6.14. The SMILES string of the molecule is CCc1ccc2occ(/C=N/Nc3nc(N4CCOCC4)c4sccc4n3)c(=O)c2c1. The third kappa shape index (κ3) is 3.89. The van der Waals surface area contributed by atoms with Crippen molar-refractivity contribution in [3.63, 3.8) is 0 Å². The number of thiophene rings is 1. The van der Waals surface area contributed by atoms with Gasteiger partial charge in [0.1, 0.15) is 11.8 Å². The molecule has 0 radical (unpaired) electrons. The molecule has 0 saturated carbocycles. The second-order valence-electron chi connectivity index (χ2n) is 7.18. The van der Waals surface area contributed by atoms with Gasteiger partial charge in [0.25, 0.3) is 0 Å². The lowest BCUT2D eigenvalue weighted by Crippen LogP contribution is -2.36. The first-order valence-electron chi connectivity index (χ1n) is 10.1. The van der Waals surface area contributed by atoms with Crippen LogP contribution in [0.25, 0.3) is 21.2 Å². The molecule has 0 atom stereocenters. The Morgan fingerprint density at radius 2 is 2.13 bits per heavy atom. The van der Waals surface area contributed by atoms with Crippen LogP contribution in [-0.4, -0.2) is 42.5 Å². The van der Waals surface area contributed by atoms with Gasteiger partial charge >= 0.3 is 0 Å². The Kier molecular flexibility index (Phi) is 5.35. The molecular weight excluding hydrogens is 414 g/mol. The van der Waals surface area contributed by atoms with Crippen LogP contribution in [0.2, 0.25) is 0 Å². The van der Waals surface area contributed by atoms with Crippen molar-refractivity contribution in [1.82, 2.24) is 9.97 Å². The van der Waals surface area contributed by atoms with Gasteiger partial charge in [0.05, 0.1) is 40.6 Å². The van der Waals surface area contributed by atoms with Gasteiger partial charge in [-0.05, 0) is 35.6 Å². The van der Waals surface area contributed by atoms with Gasteiger partial charge in [-0.1, -0.05) is 13.0 Å². The fourth-order valence-corrected chi connectivity index (χ4v) is 4.40. The molecule has 0 amide bonds. The summed E-state index contributed by atoms with van der Waals surface area (Å²) in [4.78, 5) is 24.2. The number of benzene rings is 1. The Balaban J connectivity index is 1.43. The maximum atomic E-state index is 12.8. The summed E-state index contributed by atoms with van der Waals surface area (Å²) < 4.78 is 12.1. The lowest BCUT2D eigenvalue weighted by molar-refractivity contribution is 0.122. The smallest absolute Gasteiger partial charge is 0.246 e. The largest absolute Gasteiger partial charge is 0.463 e. The molecule has 1 fully saturated rings. The molecule has 31 heavy (non-hydrogen) atoms. The zero-order chi connectivity index (χ0) is 21.2. The number of hydrazone groups is 1. The van der Waals surface area contributed by atoms with Gasteiger partial charge in [-0.25, -0.2) is 10.4 Å². The van der Waals surface area contributed by atoms with Gasteiger partial charge in [-0.15, -0.1) is 11.3 Å². The molecule has 0 aliphatic carbocycles. The summed E-state index contributed by atoms with van der Waals surface area (Å²) in [5, 5.41) is 6.75. The minimum Gasteiger partial charge on any atom is -0.463 e. The molecule has 9 heteroatoms. The maximum absolute atomic E-state index is 12.8. The van der Waals surface area contributed by atoms with E-state index in [2.05, 4.69) is 25.4 Å². The average Bonchev–Trinajstić information content (AvgIpc) is 3.29. The van der Waals surface area contributed by atoms with E-state index in [1.807, 2.05) is 36.6 Å². The van der Waals surface area contributed by atoms with Gasteiger partial charge in [-0.2, -0.15) is 10.1 Å². The Labute approximate surface area is 182 Å². The summed E-state index contributed by atoms with van der Waals surface area (Å²) in [6.07, 6.45) is 3.71. The zero-order valence-corrected chi connectivity index (χ0v) is 17.8. The minimum absolute atomic E-state index is 0.120. The van der Waals surface area contributed by atoms with E-state index in [4.69, 9.17) is 9.15 Å². The first-order chi connectivity index (χ1) is 15.2. The Morgan fingerprint density at radius 3 is 2.97 bits per heavy atom. The van der Waals surface area contributed by atoms with E-state index in [9.17, 15) is 4.79 Å². The minimum atomic E-state index is -0.120. The lowest BCUT2D eigenvalue weighted by Gasteiger charge is -2.28. The number of nitrogens with zero attached hydrogens (tertiary/aromatic N) is 4. The topological polar surface area (TPSA) is 92.8 Å². The van der Waals surface area contributed by atoms with E-state index in [-0.39, 0.29) is 5.43 Å². The predicted molar refractivity (Wildman–Crippen MR) is 124 cm³/mol. The number of aromatic nitrogens is 2. The summed E-state index contributed by atoms with van der Waals surface area (Å²) >= 11 is 1.62. The van der Waals surface area contributed by atoms with E-state index in [1.165, 1.54) is 12.5 Å². The molecular formula is C22H21N5O3S. The van der Waals surface area contributed by atoms with Gasteiger partial charge in [0.2, 0.25) is 11.4 Å². The summed E-state index contributed by atoms with van der Waals surface area (Å²) in [7, 11) is 0. The molecule has 8 nitrogen and oxygen atoms in total. The van der Waals surface area contributed by atoms with Crippen molar-refractivity contribution < 1.29 is 9.15 Å². The Bertz CT molecular complexity index is 1320. The standard InChI is InChI=1S/C22H21N5O3S/c1-2-14-3-4-18-16(11-14)19(28)15(13-30-18)12-23-26-22-24-17-5-10-31-20(17)21(25-22)27-6-8-29-9-7-27/h3-5,10-13H,2,6-9H2,1H3,(H,24,25,26)/b23-12+. The number of aryl methyl sites for hydroxylation is 1. The predicted octanol–water partition coefficient (Wildman–Crippen LogP) is 3.64. The van der Waals surface area contributed by atoms with Crippen LogP contribution >= 0.6 is 11.3 Å². The number of morpholine rings is 1. The van der Waals surface area contributed by atoms with Crippen LogP contribution in [0.4, 0.5) is 11.8 Å². The number of hydrogen-bond acceptors (Lipinski definition) is 9. The normalized spacial score (nSPS) is 14.7. The highest BCUT2D eigenvalue weighted by Crippen LogP contribution is 2.30. The quantitative estimate of drug-likeness (QED) is 0.378. The van der Waals surface area contributed by atoms with Crippen molar-refractivity contribution >= 4 is 50.5 Å². The molecule has 0 bridgehead atoms. The van der Waals surface area contributed by atoms with Crippen molar-refractivity contribution in [2.75, 3.05) is 36.6 Å². The molecule has 0 spiro atoms. The van der Waals surface area contributed by atoms with Crippen molar-refractivity contribution in [1.29, 1.82) is 0 Å². The number of fused-ring (bicyclic) bond motifs is 2. The summed E-state index contributed by atoms with van der Waals surface area (Å²) in [6.45, 7) is 4.97. The van der Waals surface area contributed by atoms with Crippen LogP contribution in [0.15, 0.2) is 50.2 Å². The Morgan fingerprint density at radius 1 is 1.26 bits per heavy atom. The van der Waals surface area contributed by atoms with Gasteiger partial charge in [0, 0.05) is 13.1 Å². The molecule has 1 aliphatic rings. The van der Waals surface area contributed by atoms with Gasteiger partial charge in [-0.3, -0.25) is 4.79 Å². The fourth-order valence-electron chi connectivity index (χ4n) is 3.55. The molecule has 4 heterocycles. The molecule has 1 aromatic carbocycles. The number of anilines is 2. The van der Waals surface area contributed by atoms with Crippen molar-refractivity contribution in [2.24, 2.45) is 5.10 Å². The highest BCUT2D eigenvalue weighted by molar-refractivity contribution is 7.17. The molecule has 1 aliphatic heterocycles. The van der Waals surface area contributed by atoms with Crippen LogP contribution in [0, 0.1) is 0 Å². The van der Waals surface area contributed by atoms with E-state index < -0.39 is 0 Å².